The van der Waals surface area contributed by atoms with E-state index in [1.54, 1.807) is 0 Å². The highest BCUT2D eigenvalue weighted by atomic mass is 32.3. The zero-order valence-corrected chi connectivity index (χ0v) is 12.8. The molecule has 0 fully saturated rings. The van der Waals surface area contributed by atoms with Gasteiger partial charge in [0.1, 0.15) is 0 Å². The summed E-state index contributed by atoms with van der Waals surface area (Å²) in [5.74, 6) is -2.21. The number of alkyl halides is 6. The fourth-order valence-electron chi connectivity index (χ4n) is 1.36. The van der Waals surface area contributed by atoms with E-state index in [0.29, 0.717) is 0 Å². The van der Waals surface area contributed by atoms with Gasteiger partial charge in [-0.15, -0.1) is 0 Å². The molecular weight excluding hydrogens is 394 g/mol. The van der Waals surface area contributed by atoms with Crippen molar-refractivity contribution in [3.63, 3.8) is 0 Å². The van der Waals surface area contributed by atoms with Crippen molar-refractivity contribution in [2.24, 2.45) is 0 Å². The molecule has 0 aliphatic rings. The van der Waals surface area contributed by atoms with Crippen LogP contribution < -0.4 is 4.57 Å². The molecule has 1 heterocycles. The predicted octanol–water partition coefficient (Wildman–Crippen LogP) is 0.642. The van der Waals surface area contributed by atoms with Gasteiger partial charge < -0.3 is 5.11 Å². The lowest BCUT2D eigenvalue weighted by Crippen LogP contribution is -2.49. The molecule has 0 saturated carbocycles. The number of aliphatic hydroxyl groups excluding tert-OH is 1. The lowest BCUT2D eigenvalue weighted by Gasteiger charge is -2.09. The van der Waals surface area contributed by atoms with E-state index in [2.05, 4.69) is 0 Å². The van der Waals surface area contributed by atoms with Gasteiger partial charge in [0.2, 0.25) is 0 Å². The van der Waals surface area contributed by atoms with Crippen LogP contribution in [-0.2, 0) is 26.6 Å². The molecule has 1 rings (SSSR count). The normalized spacial score (nSPS) is 13.6. The highest BCUT2D eigenvalue weighted by Gasteiger charge is 2.68. The highest BCUT2D eigenvalue weighted by Crippen LogP contribution is 2.32. The summed E-state index contributed by atoms with van der Waals surface area (Å²) in [4.78, 5) is 0. The Bertz CT molecular complexity index is 797. The van der Waals surface area contributed by atoms with Crippen LogP contribution in [0, 0.1) is 0 Å². The van der Waals surface area contributed by atoms with E-state index in [9.17, 15) is 48.3 Å². The minimum Gasteiger partial charge on any atom is -0.457 e. The Morgan fingerprint density at radius 1 is 0.875 bits per heavy atom. The van der Waals surface area contributed by atoms with E-state index in [0.717, 1.165) is 17.0 Å². The number of sulfonamides is 2. The zero-order valence-electron chi connectivity index (χ0n) is 11.2. The van der Waals surface area contributed by atoms with Gasteiger partial charge >= 0.3 is 37.0 Å². The summed E-state index contributed by atoms with van der Waals surface area (Å²) in [6.45, 7) is -1.29. The predicted molar refractivity (Wildman–Crippen MR) is 64.5 cm³/mol. The van der Waals surface area contributed by atoms with Gasteiger partial charge in [0, 0.05) is 12.1 Å². The van der Waals surface area contributed by atoms with Crippen LogP contribution >= 0.6 is 0 Å². The second-order valence-electron chi connectivity index (χ2n) is 4.06. The van der Waals surface area contributed by atoms with Crippen molar-refractivity contribution in [1.82, 2.24) is 0 Å². The summed E-state index contributed by atoms with van der Waals surface area (Å²) >= 11 is 0. The SMILES string of the molecule is O=S(=O)([N+](=C(O)C[n+]1ccccc1)S(=O)(=O)C(F)(F)F)C(F)(F)F. The van der Waals surface area contributed by atoms with Crippen molar-refractivity contribution in [3.05, 3.63) is 30.6 Å². The van der Waals surface area contributed by atoms with Crippen molar-refractivity contribution >= 4 is 25.9 Å². The van der Waals surface area contributed by atoms with E-state index >= 15 is 0 Å². The zero-order chi connectivity index (χ0) is 19.0. The number of rotatable bonds is 4. The molecule has 15 heteroatoms. The van der Waals surface area contributed by atoms with E-state index in [1.807, 2.05) is 0 Å². The number of aromatic nitrogens is 1. The molecular formula is C9H8F6N2O5S2+2. The van der Waals surface area contributed by atoms with Crippen molar-refractivity contribution in [1.29, 1.82) is 0 Å². The van der Waals surface area contributed by atoms with Gasteiger partial charge in [-0.1, -0.05) is 6.07 Å². The second-order valence-corrected chi connectivity index (χ2v) is 7.85. The molecule has 0 saturated heterocycles. The summed E-state index contributed by atoms with van der Waals surface area (Å²) in [5, 5.41) is 9.42. The minimum atomic E-state index is -7.07. The average molecular weight is 402 g/mol. The smallest absolute Gasteiger partial charge is 0.457 e. The Morgan fingerprint density at radius 2 is 1.25 bits per heavy atom. The lowest BCUT2D eigenvalue weighted by atomic mass is 10.5. The van der Waals surface area contributed by atoms with E-state index in [-0.39, 0.29) is 0 Å². The topological polar surface area (TPSA) is 95.4 Å². The quantitative estimate of drug-likeness (QED) is 0.345. The molecule has 0 atom stereocenters. The first-order valence-electron chi connectivity index (χ1n) is 5.54. The first kappa shape index (κ1) is 20.1. The van der Waals surface area contributed by atoms with E-state index in [4.69, 9.17) is 0 Å². The number of hydrogen-bond donors (Lipinski definition) is 1. The second kappa shape index (κ2) is 6.19. The van der Waals surface area contributed by atoms with Crippen molar-refractivity contribution < 1.29 is 56.2 Å². The summed E-state index contributed by atoms with van der Waals surface area (Å²) in [6.07, 6.45) is 2.07. The number of halogens is 6. The first-order chi connectivity index (χ1) is 10.6. The fourth-order valence-corrected chi connectivity index (χ4v) is 3.94. The van der Waals surface area contributed by atoms with E-state index < -0.39 is 46.9 Å². The molecule has 0 aliphatic heterocycles. The Balaban J connectivity index is 3.71. The molecule has 136 valence electrons. The number of nitrogens with zero attached hydrogens (tertiary/aromatic N) is 2. The van der Waals surface area contributed by atoms with Crippen LogP contribution in [0.5, 0.6) is 0 Å². The molecule has 0 unspecified atom stereocenters. The molecule has 0 aromatic carbocycles. The molecule has 7 nitrogen and oxygen atoms in total. The average Bonchev–Trinajstić information content (AvgIpc) is 2.36. The maximum absolute atomic E-state index is 12.5. The summed E-state index contributed by atoms with van der Waals surface area (Å²) < 4.78 is 119. The van der Waals surface area contributed by atoms with Crippen molar-refractivity contribution in [2.45, 2.75) is 17.6 Å². The van der Waals surface area contributed by atoms with Crippen LogP contribution in [0.2, 0.25) is 0 Å². The van der Waals surface area contributed by atoms with Gasteiger partial charge in [0.25, 0.3) is 6.54 Å². The van der Waals surface area contributed by atoms with Crippen LogP contribution in [0.4, 0.5) is 26.3 Å². The van der Waals surface area contributed by atoms with Gasteiger partial charge in [-0.05, 0) is 0 Å². The van der Waals surface area contributed by atoms with Gasteiger partial charge in [-0.3, -0.25) is 0 Å². The molecule has 0 radical (unpaired) electrons. The van der Waals surface area contributed by atoms with Crippen LogP contribution in [0.1, 0.15) is 0 Å². The Kier molecular flexibility index (Phi) is 5.20. The first-order valence-corrected chi connectivity index (χ1v) is 8.42. The van der Waals surface area contributed by atoms with Crippen molar-refractivity contribution in [2.75, 3.05) is 0 Å². The molecule has 1 N–H and O–H groups in total. The van der Waals surface area contributed by atoms with Gasteiger partial charge in [0.05, 0.1) is 3.39 Å². The minimum absolute atomic E-state index is 0.750. The fraction of sp³-hybridized carbons (Fsp3) is 0.333. The Morgan fingerprint density at radius 3 is 1.58 bits per heavy atom. The monoisotopic (exact) mass is 402 g/mol. The van der Waals surface area contributed by atoms with E-state index in [1.165, 1.54) is 18.2 Å². The maximum Gasteiger partial charge on any atom is 0.561 e. The van der Waals surface area contributed by atoms with Crippen LogP contribution in [0.3, 0.4) is 0 Å². The molecule has 0 aliphatic carbocycles. The summed E-state index contributed by atoms with van der Waals surface area (Å²) in [7, 11) is -14.1. The Hall–Kier alpha value is -1.90. The van der Waals surface area contributed by atoms with Crippen molar-refractivity contribution in [3.8, 4) is 0 Å². The highest BCUT2D eigenvalue weighted by molar-refractivity contribution is 7.98. The third kappa shape index (κ3) is 3.77. The molecule has 0 bridgehead atoms. The molecule has 0 amide bonds. The molecule has 1 aromatic rings. The molecule has 0 spiro atoms. The van der Waals surface area contributed by atoms with Crippen LogP contribution in [-0.4, -0.2) is 42.2 Å². The third-order valence-electron chi connectivity index (χ3n) is 2.33. The number of aliphatic hydroxyl groups is 1. The number of pyridine rings is 1. The third-order valence-corrected chi connectivity index (χ3v) is 5.98. The number of hydrogen-bond acceptors (Lipinski definition) is 4. The van der Waals surface area contributed by atoms with Gasteiger partial charge in [-0.2, -0.15) is 47.7 Å². The molecule has 24 heavy (non-hydrogen) atoms. The van der Waals surface area contributed by atoms with Gasteiger partial charge in [0.15, 0.2) is 12.4 Å². The van der Waals surface area contributed by atoms with Crippen LogP contribution in [0.25, 0.3) is 0 Å². The maximum atomic E-state index is 12.5. The van der Waals surface area contributed by atoms with Crippen LogP contribution in [0.15, 0.2) is 30.6 Å². The summed E-state index contributed by atoms with van der Waals surface area (Å²) in [6, 6.07) is 3.88. The summed E-state index contributed by atoms with van der Waals surface area (Å²) in [5.41, 5.74) is -12.8. The largest absolute Gasteiger partial charge is 0.561 e. The van der Waals surface area contributed by atoms with Gasteiger partial charge in [-0.25, -0.2) is 0 Å². The standard InChI is InChI=1S/C9H7F6N2O5S2/c10-8(11,12)23(19,20)17(24(21,22)9(13,14)15)7(18)6-16-4-2-1-3-5-16/h1-5H,6H2/q+1/p+1. The Labute approximate surface area is 131 Å². The lowest BCUT2D eigenvalue weighted by molar-refractivity contribution is -0.686. The molecule has 1 aromatic heterocycles.